The molecular weight excluding hydrogens is 314 g/mol. The number of carbonyl (C=O) groups is 1. The Hall–Kier alpha value is -2.21. The molecule has 0 bridgehead atoms. The first-order chi connectivity index (χ1) is 12.2. The van der Waals surface area contributed by atoms with Crippen LogP contribution in [0.15, 0.2) is 43.2 Å². The zero-order valence-electron chi connectivity index (χ0n) is 14.5. The van der Waals surface area contributed by atoms with E-state index in [1.807, 2.05) is 35.8 Å². The molecule has 4 rings (SSSR count). The third kappa shape index (κ3) is 3.90. The van der Waals surface area contributed by atoms with Crippen molar-refractivity contribution in [1.29, 1.82) is 0 Å². The van der Waals surface area contributed by atoms with Crippen molar-refractivity contribution in [2.24, 2.45) is 5.41 Å². The lowest BCUT2D eigenvalue weighted by molar-refractivity contribution is 0.0702. The van der Waals surface area contributed by atoms with Gasteiger partial charge in [0.05, 0.1) is 11.9 Å². The van der Waals surface area contributed by atoms with E-state index in [1.54, 1.807) is 12.4 Å². The summed E-state index contributed by atoms with van der Waals surface area (Å²) in [6.07, 6.45) is 13.8. The van der Waals surface area contributed by atoms with Crippen molar-refractivity contribution in [1.82, 2.24) is 24.8 Å². The summed E-state index contributed by atoms with van der Waals surface area (Å²) in [6.45, 7) is 3.75. The fourth-order valence-corrected chi connectivity index (χ4v) is 3.65. The molecule has 1 aliphatic heterocycles. The van der Waals surface area contributed by atoms with Crippen molar-refractivity contribution in [2.75, 3.05) is 19.6 Å². The predicted molar refractivity (Wildman–Crippen MR) is 95.1 cm³/mol. The van der Waals surface area contributed by atoms with Gasteiger partial charge in [0.15, 0.2) is 0 Å². The zero-order valence-corrected chi connectivity index (χ0v) is 14.5. The minimum atomic E-state index is 0.102. The van der Waals surface area contributed by atoms with Gasteiger partial charge in [0.2, 0.25) is 0 Å². The van der Waals surface area contributed by atoms with Crippen LogP contribution in [0.3, 0.4) is 0 Å². The second-order valence-corrected chi connectivity index (χ2v) is 7.42. The van der Waals surface area contributed by atoms with E-state index in [4.69, 9.17) is 0 Å². The van der Waals surface area contributed by atoms with E-state index in [0.29, 0.717) is 17.0 Å². The number of carbonyl (C=O) groups excluding carboxylic acids is 1. The largest absolute Gasteiger partial charge is 0.338 e. The lowest BCUT2D eigenvalue weighted by Gasteiger charge is -2.33. The van der Waals surface area contributed by atoms with Crippen LogP contribution in [-0.2, 0) is 6.54 Å². The molecule has 0 radical (unpaired) electrons. The number of nitrogens with zero attached hydrogens (tertiary/aromatic N) is 4. The molecule has 2 aromatic rings. The second kappa shape index (κ2) is 6.96. The van der Waals surface area contributed by atoms with E-state index in [-0.39, 0.29) is 5.91 Å². The van der Waals surface area contributed by atoms with Crippen molar-refractivity contribution in [3.63, 3.8) is 0 Å². The van der Waals surface area contributed by atoms with Gasteiger partial charge in [-0.25, -0.2) is 4.98 Å². The van der Waals surface area contributed by atoms with Gasteiger partial charge in [-0.15, -0.1) is 0 Å². The third-order valence-electron chi connectivity index (χ3n) is 5.49. The normalized spacial score (nSPS) is 19.8. The summed E-state index contributed by atoms with van der Waals surface area (Å²) in [5, 5.41) is 3.75. The van der Waals surface area contributed by atoms with Crippen LogP contribution in [0.2, 0.25) is 0 Å². The van der Waals surface area contributed by atoms with Crippen LogP contribution < -0.4 is 5.32 Å². The highest BCUT2D eigenvalue weighted by Gasteiger charge is 2.43. The summed E-state index contributed by atoms with van der Waals surface area (Å²) < 4.78 is 2.18. The van der Waals surface area contributed by atoms with Gasteiger partial charge in [-0.1, -0.05) is 0 Å². The molecular formula is C19H25N5O. The number of imidazole rings is 1. The number of hydrogen-bond donors (Lipinski definition) is 1. The van der Waals surface area contributed by atoms with Crippen molar-refractivity contribution in [3.05, 3.63) is 48.8 Å². The van der Waals surface area contributed by atoms with Crippen molar-refractivity contribution >= 4 is 5.91 Å². The Morgan fingerprint density at radius 1 is 1.24 bits per heavy atom. The van der Waals surface area contributed by atoms with Gasteiger partial charge in [-0.3, -0.25) is 9.78 Å². The highest BCUT2D eigenvalue weighted by molar-refractivity contribution is 5.93. The van der Waals surface area contributed by atoms with E-state index < -0.39 is 0 Å². The SMILES string of the molecule is O=C(c1cccnc1)N1CCC(NCC2(Cn3ccnc3)CC2)CC1. The summed E-state index contributed by atoms with van der Waals surface area (Å²) in [5.74, 6) is 0.102. The quantitative estimate of drug-likeness (QED) is 0.874. The van der Waals surface area contributed by atoms with E-state index in [0.717, 1.165) is 39.0 Å². The Morgan fingerprint density at radius 3 is 2.72 bits per heavy atom. The molecule has 6 heteroatoms. The van der Waals surface area contributed by atoms with Crippen LogP contribution in [0, 0.1) is 5.41 Å². The maximum atomic E-state index is 12.5. The van der Waals surface area contributed by atoms with Crippen LogP contribution in [0.5, 0.6) is 0 Å². The molecule has 0 atom stereocenters. The molecule has 1 N–H and O–H groups in total. The topological polar surface area (TPSA) is 63.1 Å². The number of rotatable bonds is 6. The molecule has 132 valence electrons. The first kappa shape index (κ1) is 16.3. The van der Waals surface area contributed by atoms with Gasteiger partial charge in [-0.05, 0) is 37.8 Å². The molecule has 1 saturated heterocycles. The number of amides is 1. The average Bonchev–Trinajstić information content (AvgIpc) is 3.24. The number of aromatic nitrogens is 3. The number of hydrogen-bond acceptors (Lipinski definition) is 4. The van der Waals surface area contributed by atoms with E-state index in [9.17, 15) is 4.79 Å². The first-order valence-electron chi connectivity index (χ1n) is 9.13. The molecule has 2 aliphatic rings. The molecule has 2 aromatic heterocycles. The third-order valence-corrected chi connectivity index (χ3v) is 5.49. The van der Waals surface area contributed by atoms with Crippen LogP contribution in [0.4, 0.5) is 0 Å². The van der Waals surface area contributed by atoms with Crippen LogP contribution >= 0.6 is 0 Å². The predicted octanol–water partition coefficient (Wildman–Crippen LogP) is 1.95. The lowest BCUT2D eigenvalue weighted by Crippen LogP contribution is -2.46. The number of nitrogens with one attached hydrogen (secondary N) is 1. The fourth-order valence-electron chi connectivity index (χ4n) is 3.65. The van der Waals surface area contributed by atoms with Crippen LogP contribution in [0.1, 0.15) is 36.0 Å². The van der Waals surface area contributed by atoms with Gasteiger partial charge in [0.1, 0.15) is 0 Å². The molecule has 2 fully saturated rings. The lowest BCUT2D eigenvalue weighted by atomic mass is 10.0. The molecule has 1 aliphatic carbocycles. The Kier molecular flexibility index (Phi) is 4.53. The Morgan fingerprint density at radius 2 is 2.08 bits per heavy atom. The van der Waals surface area contributed by atoms with E-state index in [2.05, 4.69) is 19.9 Å². The summed E-state index contributed by atoms with van der Waals surface area (Å²) >= 11 is 0. The van der Waals surface area contributed by atoms with E-state index >= 15 is 0 Å². The minimum Gasteiger partial charge on any atom is -0.338 e. The molecule has 0 aromatic carbocycles. The van der Waals surface area contributed by atoms with Gasteiger partial charge in [0.25, 0.3) is 5.91 Å². The molecule has 0 spiro atoms. The molecule has 25 heavy (non-hydrogen) atoms. The highest BCUT2D eigenvalue weighted by atomic mass is 16.2. The smallest absolute Gasteiger partial charge is 0.255 e. The maximum Gasteiger partial charge on any atom is 0.255 e. The molecule has 1 saturated carbocycles. The van der Waals surface area contributed by atoms with E-state index in [1.165, 1.54) is 12.8 Å². The van der Waals surface area contributed by atoms with Gasteiger partial charge in [0, 0.05) is 62.4 Å². The van der Waals surface area contributed by atoms with Crippen molar-refractivity contribution in [2.45, 2.75) is 38.3 Å². The molecule has 0 unspecified atom stereocenters. The van der Waals surface area contributed by atoms with Crippen LogP contribution in [-0.4, -0.2) is 51.0 Å². The molecule has 1 amide bonds. The maximum absolute atomic E-state index is 12.5. The zero-order chi connectivity index (χ0) is 17.1. The Bertz CT molecular complexity index is 688. The van der Waals surface area contributed by atoms with Gasteiger partial charge >= 0.3 is 0 Å². The highest BCUT2D eigenvalue weighted by Crippen LogP contribution is 2.46. The van der Waals surface area contributed by atoms with Crippen LogP contribution in [0.25, 0.3) is 0 Å². The second-order valence-electron chi connectivity index (χ2n) is 7.42. The van der Waals surface area contributed by atoms with Crippen molar-refractivity contribution in [3.8, 4) is 0 Å². The summed E-state index contributed by atoms with van der Waals surface area (Å²) in [6, 6.07) is 4.17. The summed E-state index contributed by atoms with van der Waals surface area (Å²) in [4.78, 5) is 22.6. The van der Waals surface area contributed by atoms with Crippen molar-refractivity contribution < 1.29 is 4.79 Å². The molecule has 3 heterocycles. The Labute approximate surface area is 148 Å². The minimum absolute atomic E-state index is 0.102. The average molecular weight is 339 g/mol. The molecule has 6 nitrogen and oxygen atoms in total. The monoisotopic (exact) mass is 339 g/mol. The number of piperidine rings is 1. The first-order valence-corrected chi connectivity index (χ1v) is 9.13. The Balaban J connectivity index is 1.23. The van der Waals surface area contributed by atoms with Gasteiger partial charge < -0.3 is 14.8 Å². The summed E-state index contributed by atoms with van der Waals surface area (Å²) in [7, 11) is 0. The summed E-state index contributed by atoms with van der Waals surface area (Å²) in [5.41, 5.74) is 1.09. The number of likely N-dealkylation sites (tertiary alicyclic amines) is 1. The van der Waals surface area contributed by atoms with Gasteiger partial charge in [-0.2, -0.15) is 0 Å². The number of pyridine rings is 1. The standard InChI is InChI=1S/C19H25N5O/c25-18(16-2-1-7-20-12-16)24-9-3-17(4-10-24)22-13-19(5-6-19)14-23-11-8-21-15-23/h1-2,7-8,11-12,15,17,22H,3-6,9-10,13-14H2. The fraction of sp³-hybridized carbons (Fsp3) is 0.526.